The number of nitrogens with zero attached hydrogens (tertiary/aromatic N) is 4. The zero-order chi connectivity index (χ0) is 22.9. The summed E-state index contributed by atoms with van der Waals surface area (Å²) in [6.07, 6.45) is -4.73. The molecule has 3 unspecified atom stereocenters. The Labute approximate surface area is 177 Å². The number of aromatic nitrogens is 4. The summed E-state index contributed by atoms with van der Waals surface area (Å²) in [6, 6.07) is 3.63. The van der Waals surface area contributed by atoms with E-state index in [4.69, 9.17) is 5.11 Å². The lowest BCUT2D eigenvalue weighted by Crippen LogP contribution is -2.42. The van der Waals surface area contributed by atoms with Crippen LogP contribution in [0.15, 0.2) is 21.7 Å². The van der Waals surface area contributed by atoms with Crippen LogP contribution in [-0.4, -0.2) is 78.0 Å². The molecule has 0 saturated heterocycles. The largest absolute Gasteiger partial charge is 0.394 e. The fourth-order valence-electron chi connectivity index (χ4n) is 3.68. The van der Waals surface area contributed by atoms with Gasteiger partial charge < -0.3 is 29.9 Å². The van der Waals surface area contributed by atoms with Crippen molar-refractivity contribution < 1.29 is 20.4 Å². The smallest absolute Gasteiger partial charge is 0.349 e. The van der Waals surface area contributed by atoms with Gasteiger partial charge in [0.1, 0.15) is 18.3 Å². The highest BCUT2D eigenvalue weighted by molar-refractivity contribution is 5.84. The van der Waals surface area contributed by atoms with Crippen LogP contribution < -0.4 is 16.1 Å². The number of hydrogen-bond donors (Lipinski definition) is 5. The number of rotatable bonds is 8. The SMILES string of the molecule is CCN(CC)c1cc2c(cc1C)nc1c(=O)[nH]c(=O)nc-1n2CC(O)C(O)C(O)CO. The fraction of sp³-hybridized carbons (Fsp3) is 0.500. The number of aromatic amines is 1. The van der Waals surface area contributed by atoms with Crippen LogP contribution in [0.25, 0.3) is 22.6 Å². The zero-order valence-corrected chi connectivity index (χ0v) is 17.6. The van der Waals surface area contributed by atoms with Gasteiger partial charge in [0, 0.05) is 18.8 Å². The molecule has 0 spiro atoms. The highest BCUT2D eigenvalue weighted by Gasteiger charge is 2.27. The van der Waals surface area contributed by atoms with Gasteiger partial charge in [-0.15, -0.1) is 0 Å². The van der Waals surface area contributed by atoms with Crippen LogP contribution in [0.1, 0.15) is 19.4 Å². The summed E-state index contributed by atoms with van der Waals surface area (Å²) < 4.78 is 1.43. The van der Waals surface area contributed by atoms with Crippen molar-refractivity contribution in [1.82, 2.24) is 19.5 Å². The van der Waals surface area contributed by atoms with E-state index < -0.39 is 36.2 Å². The Balaban J connectivity index is 2.31. The average molecular weight is 433 g/mol. The second-order valence-corrected chi connectivity index (χ2v) is 7.37. The van der Waals surface area contributed by atoms with E-state index in [1.54, 1.807) is 6.07 Å². The third-order valence-electron chi connectivity index (χ3n) is 5.38. The minimum atomic E-state index is -1.66. The first kappa shape index (κ1) is 22.8. The zero-order valence-electron chi connectivity index (χ0n) is 17.6. The topological polar surface area (TPSA) is 165 Å². The summed E-state index contributed by atoms with van der Waals surface area (Å²) in [4.78, 5) is 36.7. The molecule has 1 aromatic rings. The van der Waals surface area contributed by atoms with E-state index in [2.05, 4.69) is 19.9 Å². The molecule has 3 atom stereocenters. The summed E-state index contributed by atoms with van der Waals surface area (Å²) in [6.45, 7) is 6.40. The summed E-state index contributed by atoms with van der Waals surface area (Å²) >= 11 is 0. The van der Waals surface area contributed by atoms with Gasteiger partial charge in [0.2, 0.25) is 0 Å². The van der Waals surface area contributed by atoms with E-state index in [9.17, 15) is 24.9 Å². The quantitative estimate of drug-likeness (QED) is 0.275. The van der Waals surface area contributed by atoms with Crippen molar-refractivity contribution in [3.05, 3.63) is 38.5 Å². The van der Waals surface area contributed by atoms with Crippen LogP contribution in [0.4, 0.5) is 5.69 Å². The van der Waals surface area contributed by atoms with Gasteiger partial charge in [0.05, 0.1) is 24.2 Å². The maximum atomic E-state index is 12.4. The Morgan fingerprint density at radius 3 is 2.39 bits per heavy atom. The van der Waals surface area contributed by atoms with Crippen LogP contribution in [0.5, 0.6) is 0 Å². The Morgan fingerprint density at radius 2 is 1.77 bits per heavy atom. The molecule has 1 aromatic carbocycles. The highest BCUT2D eigenvalue weighted by Crippen LogP contribution is 2.29. The van der Waals surface area contributed by atoms with Crippen molar-refractivity contribution in [2.24, 2.45) is 0 Å². The van der Waals surface area contributed by atoms with E-state index in [1.807, 2.05) is 26.8 Å². The van der Waals surface area contributed by atoms with Crippen molar-refractivity contribution in [3.63, 3.8) is 0 Å². The molecule has 11 nitrogen and oxygen atoms in total. The Morgan fingerprint density at radius 1 is 1.10 bits per heavy atom. The molecule has 11 heteroatoms. The molecule has 168 valence electrons. The molecule has 2 heterocycles. The molecule has 5 N–H and O–H groups in total. The lowest BCUT2D eigenvalue weighted by molar-refractivity contribution is -0.0802. The van der Waals surface area contributed by atoms with Gasteiger partial charge in [-0.25, -0.2) is 9.78 Å². The minimum absolute atomic E-state index is 0.0552. The number of benzene rings is 1. The molecule has 0 bridgehead atoms. The molecular formula is C20H27N5O6. The summed E-state index contributed by atoms with van der Waals surface area (Å²) in [5.74, 6) is -0.0552. The molecule has 2 aliphatic heterocycles. The normalized spacial score (nSPS) is 14.7. The maximum Gasteiger partial charge on any atom is 0.349 e. The van der Waals surface area contributed by atoms with Crippen molar-refractivity contribution in [2.45, 2.75) is 45.6 Å². The second kappa shape index (κ2) is 9.10. The van der Waals surface area contributed by atoms with Crippen LogP contribution in [-0.2, 0) is 6.54 Å². The van der Waals surface area contributed by atoms with E-state index in [0.717, 1.165) is 24.3 Å². The van der Waals surface area contributed by atoms with E-state index in [-0.39, 0.29) is 18.1 Å². The summed E-state index contributed by atoms with van der Waals surface area (Å²) in [5.41, 5.74) is 1.08. The van der Waals surface area contributed by atoms with E-state index in [0.29, 0.717) is 11.0 Å². The van der Waals surface area contributed by atoms with Crippen molar-refractivity contribution in [2.75, 3.05) is 24.6 Å². The predicted octanol–water partition coefficient (Wildman–Crippen LogP) is -1.19. The highest BCUT2D eigenvalue weighted by atomic mass is 16.4. The van der Waals surface area contributed by atoms with Crippen molar-refractivity contribution >= 4 is 16.7 Å². The number of anilines is 1. The van der Waals surface area contributed by atoms with Crippen molar-refractivity contribution in [3.8, 4) is 11.5 Å². The predicted molar refractivity (Wildman–Crippen MR) is 114 cm³/mol. The lowest BCUT2D eigenvalue weighted by atomic mass is 10.1. The number of nitrogens with one attached hydrogen (secondary N) is 1. The molecule has 0 aromatic heterocycles. The molecule has 3 rings (SSSR count). The van der Waals surface area contributed by atoms with Gasteiger partial charge in [-0.05, 0) is 38.5 Å². The Kier molecular flexibility index (Phi) is 6.70. The second-order valence-electron chi connectivity index (χ2n) is 7.37. The Hall–Kier alpha value is -2.86. The van der Waals surface area contributed by atoms with Gasteiger partial charge in [-0.1, -0.05) is 0 Å². The lowest BCUT2D eigenvalue weighted by Gasteiger charge is -2.27. The van der Waals surface area contributed by atoms with Gasteiger partial charge in [-0.3, -0.25) is 9.78 Å². The van der Waals surface area contributed by atoms with Crippen LogP contribution in [0, 0.1) is 6.92 Å². The first-order chi connectivity index (χ1) is 14.7. The third-order valence-corrected chi connectivity index (χ3v) is 5.38. The third kappa shape index (κ3) is 4.30. The summed E-state index contributed by atoms with van der Waals surface area (Å²) in [5, 5.41) is 39.4. The number of hydrogen-bond acceptors (Lipinski definition) is 9. The van der Waals surface area contributed by atoms with E-state index in [1.165, 1.54) is 4.57 Å². The minimum Gasteiger partial charge on any atom is -0.394 e. The number of aliphatic hydroxyl groups excluding tert-OH is 4. The van der Waals surface area contributed by atoms with Gasteiger partial charge in [0.25, 0.3) is 5.56 Å². The van der Waals surface area contributed by atoms with E-state index >= 15 is 0 Å². The maximum absolute atomic E-state index is 12.4. The number of H-pyrrole nitrogens is 1. The van der Waals surface area contributed by atoms with Gasteiger partial charge in [-0.2, -0.15) is 4.98 Å². The van der Waals surface area contributed by atoms with Crippen LogP contribution in [0.2, 0.25) is 0 Å². The Bertz CT molecular complexity index is 1160. The molecule has 0 saturated carbocycles. The molecule has 0 fully saturated rings. The monoisotopic (exact) mass is 433 g/mol. The first-order valence-electron chi connectivity index (χ1n) is 10.1. The molecular weight excluding hydrogens is 406 g/mol. The summed E-state index contributed by atoms with van der Waals surface area (Å²) in [7, 11) is 0. The molecule has 31 heavy (non-hydrogen) atoms. The number of aryl methyl sites for hydroxylation is 1. The first-order valence-corrected chi connectivity index (χ1v) is 10.1. The molecule has 0 radical (unpaired) electrons. The molecule has 0 amide bonds. The van der Waals surface area contributed by atoms with Crippen LogP contribution in [0.3, 0.4) is 0 Å². The fourth-order valence-corrected chi connectivity index (χ4v) is 3.68. The molecule has 0 aliphatic carbocycles. The number of aliphatic hydroxyl groups is 4. The standard InChI is InChI=1S/C20H27N5O6/c1-4-24(5-2)12-7-13-11(6-10(12)3)21-16-18(22-20(31)23-19(16)30)25(13)8-14(27)17(29)15(28)9-26/h6-7,14-15,17,26-29H,4-5,8-9H2,1-3H3,(H,23,30,31). The van der Waals surface area contributed by atoms with Gasteiger partial charge >= 0.3 is 5.69 Å². The molecule has 2 aliphatic rings. The average Bonchev–Trinajstić information content (AvgIpc) is 2.74. The van der Waals surface area contributed by atoms with Crippen molar-refractivity contribution in [1.29, 1.82) is 0 Å². The van der Waals surface area contributed by atoms with Gasteiger partial charge in [0.15, 0.2) is 11.5 Å². The number of fused-ring (bicyclic) bond motifs is 2. The van der Waals surface area contributed by atoms with Crippen LogP contribution >= 0.6 is 0 Å².